The molecule has 0 saturated heterocycles. The van der Waals surface area contributed by atoms with Gasteiger partial charge in [0.25, 0.3) is 0 Å². The fourth-order valence-electron chi connectivity index (χ4n) is 3.24. The molecule has 0 amide bonds. The summed E-state index contributed by atoms with van der Waals surface area (Å²) in [4.78, 5) is 0. The predicted molar refractivity (Wildman–Crippen MR) is 68.3 cm³/mol. The lowest BCUT2D eigenvalue weighted by Crippen LogP contribution is -2.25. The van der Waals surface area contributed by atoms with Gasteiger partial charge in [-0.1, -0.05) is 29.3 Å². The summed E-state index contributed by atoms with van der Waals surface area (Å²) >= 11 is 12.0. The molecule has 4 atom stereocenters. The van der Waals surface area contributed by atoms with Gasteiger partial charge in [-0.3, -0.25) is 0 Å². The number of benzene rings is 1. The largest absolute Gasteiger partial charge is 0.317 e. The van der Waals surface area contributed by atoms with E-state index in [2.05, 4.69) is 18.4 Å². The Balaban J connectivity index is 1.86. The highest BCUT2D eigenvalue weighted by atomic mass is 35.5. The van der Waals surface area contributed by atoms with E-state index < -0.39 is 0 Å². The zero-order chi connectivity index (χ0) is 11.3. The molecule has 4 unspecified atom stereocenters. The number of fused-ring (bicyclic) bond motifs is 1. The minimum absolute atomic E-state index is 0.654. The highest BCUT2D eigenvalue weighted by Gasteiger charge is 2.53. The Labute approximate surface area is 106 Å². The summed E-state index contributed by atoms with van der Waals surface area (Å²) in [6.45, 7) is 0. The van der Waals surface area contributed by atoms with Crippen molar-refractivity contribution in [3.05, 3.63) is 33.8 Å². The molecule has 1 aromatic rings. The summed E-state index contributed by atoms with van der Waals surface area (Å²) in [5.74, 6) is 2.44. The molecule has 0 aliphatic heterocycles. The van der Waals surface area contributed by atoms with Crippen LogP contribution >= 0.6 is 23.2 Å². The third kappa shape index (κ3) is 1.66. The van der Waals surface area contributed by atoms with Crippen molar-refractivity contribution in [3.8, 4) is 0 Å². The van der Waals surface area contributed by atoms with Crippen molar-refractivity contribution < 1.29 is 0 Å². The van der Waals surface area contributed by atoms with E-state index in [0.717, 1.165) is 11.8 Å². The van der Waals surface area contributed by atoms with Gasteiger partial charge >= 0.3 is 0 Å². The Bertz CT molecular complexity index is 418. The average molecular weight is 256 g/mol. The fourth-order valence-corrected chi connectivity index (χ4v) is 3.55. The molecule has 0 aromatic heterocycles. The van der Waals surface area contributed by atoms with Gasteiger partial charge in [-0.15, -0.1) is 0 Å². The van der Waals surface area contributed by atoms with E-state index >= 15 is 0 Å². The lowest BCUT2D eigenvalue weighted by molar-refractivity contribution is 0.500. The normalized spacial score (nSPS) is 36.2. The van der Waals surface area contributed by atoms with Crippen molar-refractivity contribution in [1.82, 2.24) is 5.32 Å². The highest BCUT2D eigenvalue weighted by molar-refractivity contribution is 6.42. The monoisotopic (exact) mass is 255 g/mol. The summed E-state index contributed by atoms with van der Waals surface area (Å²) in [5.41, 5.74) is 1.36. The molecule has 1 aromatic carbocycles. The van der Waals surface area contributed by atoms with Crippen LogP contribution in [0.15, 0.2) is 18.2 Å². The molecule has 0 bridgehead atoms. The maximum absolute atomic E-state index is 6.08. The number of hydrogen-bond acceptors (Lipinski definition) is 1. The van der Waals surface area contributed by atoms with Gasteiger partial charge in [0, 0.05) is 6.04 Å². The molecule has 0 radical (unpaired) electrons. The lowest BCUT2D eigenvalue weighted by atomic mass is 9.93. The molecule has 2 fully saturated rings. The van der Waals surface area contributed by atoms with Crippen molar-refractivity contribution in [2.24, 2.45) is 11.8 Å². The molecule has 0 heterocycles. The van der Waals surface area contributed by atoms with Crippen LogP contribution < -0.4 is 5.32 Å². The zero-order valence-electron chi connectivity index (χ0n) is 9.21. The molecular formula is C13H15Cl2N. The second kappa shape index (κ2) is 3.90. The molecule has 86 valence electrons. The molecule has 2 saturated carbocycles. The summed E-state index contributed by atoms with van der Waals surface area (Å²) in [7, 11) is 2.07. The lowest BCUT2D eigenvalue weighted by Gasteiger charge is -2.16. The summed E-state index contributed by atoms with van der Waals surface area (Å²) < 4.78 is 0. The minimum atomic E-state index is 0.654. The first kappa shape index (κ1) is 10.9. The van der Waals surface area contributed by atoms with E-state index in [0.29, 0.717) is 22.0 Å². The molecule has 16 heavy (non-hydrogen) atoms. The minimum Gasteiger partial charge on any atom is -0.317 e. The van der Waals surface area contributed by atoms with E-state index in [4.69, 9.17) is 23.2 Å². The van der Waals surface area contributed by atoms with Crippen LogP contribution in [-0.4, -0.2) is 13.1 Å². The Hall–Kier alpha value is -0.240. The maximum Gasteiger partial charge on any atom is 0.0595 e. The van der Waals surface area contributed by atoms with Crippen molar-refractivity contribution in [3.63, 3.8) is 0 Å². The first-order valence-electron chi connectivity index (χ1n) is 5.83. The third-order valence-corrected chi connectivity index (χ3v) is 4.91. The average Bonchev–Trinajstić information content (AvgIpc) is 2.98. The van der Waals surface area contributed by atoms with Gasteiger partial charge in [0.05, 0.1) is 10.0 Å². The standard InChI is InChI=1S/C13H15Cl2N/c1-16-13-6-8(9-5-10(9)13)7-2-3-11(14)12(15)4-7/h2-4,8-10,13,16H,5-6H2,1H3. The molecule has 3 heteroatoms. The first-order chi connectivity index (χ1) is 7.70. The van der Waals surface area contributed by atoms with Crippen LogP contribution in [0.4, 0.5) is 0 Å². The molecule has 2 aliphatic carbocycles. The fraction of sp³-hybridized carbons (Fsp3) is 0.538. The van der Waals surface area contributed by atoms with Gasteiger partial charge in [-0.05, 0) is 55.3 Å². The molecule has 2 aliphatic rings. The second-order valence-electron chi connectivity index (χ2n) is 4.97. The predicted octanol–water partition coefficient (Wildman–Crippen LogP) is 3.70. The van der Waals surface area contributed by atoms with Crippen molar-refractivity contribution >= 4 is 23.2 Å². The van der Waals surface area contributed by atoms with E-state index in [9.17, 15) is 0 Å². The molecule has 1 nitrogen and oxygen atoms in total. The van der Waals surface area contributed by atoms with Gasteiger partial charge in [-0.25, -0.2) is 0 Å². The second-order valence-corrected chi connectivity index (χ2v) is 5.79. The van der Waals surface area contributed by atoms with Crippen molar-refractivity contribution in [2.75, 3.05) is 7.05 Å². The van der Waals surface area contributed by atoms with Gasteiger partial charge in [0.15, 0.2) is 0 Å². The zero-order valence-corrected chi connectivity index (χ0v) is 10.7. The summed E-state index contributed by atoms with van der Waals surface area (Å²) in [6, 6.07) is 6.79. The Morgan fingerprint density at radius 2 is 1.94 bits per heavy atom. The Morgan fingerprint density at radius 3 is 2.56 bits per heavy atom. The van der Waals surface area contributed by atoms with Crippen LogP contribution in [0.3, 0.4) is 0 Å². The van der Waals surface area contributed by atoms with Crippen LogP contribution in [0.1, 0.15) is 24.3 Å². The van der Waals surface area contributed by atoms with Gasteiger partial charge < -0.3 is 5.32 Å². The van der Waals surface area contributed by atoms with Crippen LogP contribution in [0.25, 0.3) is 0 Å². The smallest absolute Gasteiger partial charge is 0.0595 e. The van der Waals surface area contributed by atoms with E-state index in [1.165, 1.54) is 18.4 Å². The molecular weight excluding hydrogens is 241 g/mol. The molecule has 1 N–H and O–H groups in total. The molecule has 0 spiro atoms. The number of rotatable bonds is 2. The van der Waals surface area contributed by atoms with Crippen LogP contribution in [-0.2, 0) is 0 Å². The van der Waals surface area contributed by atoms with Gasteiger partial charge in [-0.2, -0.15) is 0 Å². The first-order valence-corrected chi connectivity index (χ1v) is 6.58. The highest BCUT2D eigenvalue weighted by Crippen LogP contribution is 2.59. The summed E-state index contributed by atoms with van der Waals surface area (Å²) in [6.07, 6.45) is 2.61. The van der Waals surface area contributed by atoms with Crippen LogP contribution in [0.5, 0.6) is 0 Å². The summed E-state index contributed by atoms with van der Waals surface area (Å²) in [5, 5.41) is 4.76. The Kier molecular flexibility index (Phi) is 2.66. The van der Waals surface area contributed by atoms with E-state index in [1.54, 1.807) is 0 Å². The van der Waals surface area contributed by atoms with Crippen LogP contribution in [0, 0.1) is 11.8 Å². The van der Waals surface area contributed by atoms with Crippen molar-refractivity contribution in [2.45, 2.75) is 24.8 Å². The van der Waals surface area contributed by atoms with Gasteiger partial charge in [0.2, 0.25) is 0 Å². The number of nitrogens with one attached hydrogen (secondary N) is 1. The van der Waals surface area contributed by atoms with Gasteiger partial charge in [0.1, 0.15) is 0 Å². The van der Waals surface area contributed by atoms with Crippen molar-refractivity contribution in [1.29, 1.82) is 0 Å². The van der Waals surface area contributed by atoms with E-state index in [-0.39, 0.29) is 0 Å². The molecule has 3 rings (SSSR count). The third-order valence-electron chi connectivity index (χ3n) is 4.18. The SMILES string of the molecule is CNC1CC(c2ccc(Cl)c(Cl)c2)C2CC12. The number of hydrogen-bond donors (Lipinski definition) is 1. The van der Waals surface area contributed by atoms with E-state index in [1.807, 2.05) is 12.1 Å². The number of halogens is 2. The topological polar surface area (TPSA) is 12.0 Å². The van der Waals surface area contributed by atoms with Crippen LogP contribution in [0.2, 0.25) is 10.0 Å². The quantitative estimate of drug-likeness (QED) is 0.850. The Morgan fingerprint density at radius 1 is 1.12 bits per heavy atom. The maximum atomic E-state index is 6.08.